The van der Waals surface area contributed by atoms with Crippen molar-refractivity contribution in [2.45, 2.75) is 37.8 Å². The van der Waals surface area contributed by atoms with Gasteiger partial charge < -0.3 is 19.9 Å². The Hall–Kier alpha value is -2.24. The Balaban J connectivity index is 1.63. The van der Waals surface area contributed by atoms with E-state index >= 15 is 0 Å². The van der Waals surface area contributed by atoms with E-state index in [9.17, 15) is 0 Å². The number of aryl methyl sites for hydroxylation is 1. The highest BCUT2D eigenvalue weighted by Gasteiger charge is 2.39. The van der Waals surface area contributed by atoms with E-state index in [1.165, 1.54) is 22.3 Å². The number of hydrogen-bond donors (Lipinski definition) is 1. The van der Waals surface area contributed by atoms with Crippen molar-refractivity contribution in [3.8, 4) is 17.2 Å². The van der Waals surface area contributed by atoms with Crippen molar-refractivity contribution in [1.82, 2.24) is 4.90 Å². The van der Waals surface area contributed by atoms with Crippen molar-refractivity contribution in [2.24, 2.45) is 5.73 Å². The summed E-state index contributed by atoms with van der Waals surface area (Å²) in [7, 11) is 5.09. The fraction of sp³-hybridized carbons (Fsp3) is 0.478. The van der Waals surface area contributed by atoms with Gasteiger partial charge in [0.05, 0.1) is 21.3 Å². The first-order chi connectivity index (χ1) is 13.5. The van der Waals surface area contributed by atoms with Gasteiger partial charge in [-0.3, -0.25) is 4.90 Å². The molecule has 28 heavy (non-hydrogen) atoms. The summed E-state index contributed by atoms with van der Waals surface area (Å²) >= 11 is 0. The van der Waals surface area contributed by atoms with Crippen molar-refractivity contribution in [2.75, 3.05) is 34.4 Å². The zero-order valence-corrected chi connectivity index (χ0v) is 17.2. The summed E-state index contributed by atoms with van der Waals surface area (Å²) in [5.74, 6) is 2.84. The number of hydrogen-bond acceptors (Lipinski definition) is 5. The maximum atomic E-state index is 6.73. The number of ether oxygens (including phenoxy) is 3. The molecule has 2 N–H and O–H groups in total. The first-order valence-electron chi connectivity index (χ1n) is 9.94. The molecule has 1 fully saturated rings. The van der Waals surface area contributed by atoms with Gasteiger partial charge in [-0.2, -0.15) is 0 Å². The number of piperidine rings is 1. The second-order valence-corrected chi connectivity index (χ2v) is 7.90. The molecule has 2 aliphatic heterocycles. The second kappa shape index (κ2) is 7.64. The summed E-state index contributed by atoms with van der Waals surface area (Å²) in [6.45, 7) is 4.18. The fourth-order valence-electron chi connectivity index (χ4n) is 4.90. The molecular formula is C23H30N2O3. The van der Waals surface area contributed by atoms with Gasteiger partial charge in [0.25, 0.3) is 0 Å². The lowest BCUT2D eigenvalue weighted by atomic mass is 9.77. The van der Waals surface area contributed by atoms with Crippen LogP contribution in [0, 0.1) is 6.92 Å². The molecule has 0 saturated carbocycles. The summed E-state index contributed by atoms with van der Waals surface area (Å²) in [5.41, 5.74) is 12.0. The smallest absolute Gasteiger partial charge is 0.161 e. The number of nitrogens with zero attached hydrogens (tertiary/aromatic N) is 1. The highest BCUT2D eigenvalue weighted by Crippen LogP contribution is 2.44. The van der Waals surface area contributed by atoms with Crippen LogP contribution in [-0.4, -0.2) is 45.4 Å². The van der Waals surface area contributed by atoms with Crippen molar-refractivity contribution in [3.05, 3.63) is 52.6 Å². The van der Waals surface area contributed by atoms with Crippen LogP contribution >= 0.6 is 0 Å². The number of rotatable bonds is 4. The normalized spacial score (nSPS) is 24.2. The Kier molecular flexibility index (Phi) is 5.21. The van der Waals surface area contributed by atoms with Gasteiger partial charge >= 0.3 is 0 Å². The maximum Gasteiger partial charge on any atom is 0.161 e. The maximum absolute atomic E-state index is 6.73. The lowest BCUT2D eigenvalue weighted by Gasteiger charge is -2.46. The lowest BCUT2D eigenvalue weighted by Crippen LogP contribution is -2.49. The largest absolute Gasteiger partial charge is 0.497 e. The predicted molar refractivity (Wildman–Crippen MR) is 111 cm³/mol. The summed E-state index contributed by atoms with van der Waals surface area (Å²) in [6, 6.07) is 11.1. The summed E-state index contributed by atoms with van der Waals surface area (Å²) < 4.78 is 16.4. The average molecular weight is 383 g/mol. The van der Waals surface area contributed by atoms with Crippen molar-refractivity contribution < 1.29 is 14.2 Å². The van der Waals surface area contributed by atoms with E-state index in [0.717, 1.165) is 43.2 Å². The van der Waals surface area contributed by atoms with E-state index in [1.807, 2.05) is 6.07 Å². The number of benzene rings is 2. The lowest BCUT2D eigenvalue weighted by molar-refractivity contribution is 0.109. The van der Waals surface area contributed by atoms with Crippen LogP contribution in [0.1, 0.15) is 40.6 Å². The minimum absolute atomic E-state index is 0.118. The fourth-order valence-corrected chi connectivity index (χ4v) is 4.90. The van der Waals surface area contributed by atoms with Crippen LogP contribution in [0.2, 0.25) is 0 Å². The second-order valence-electron chi connectivity index (χ2n) is 7.90. The Morgan fingerprint density at radius 1 is 0.964 bits per heavy atom. The third kappa shape index (κ3) is 3.23. The third-order valence-electron chi connectivity index (χ3n) is 6.43. The van der Waals surface area contributed by atoms with Crippen LogP contribution in [0.15, 0.2) is 30.3 Å². The van der Waals surface area contributed by atoms with E-state index in [1.54, 1.807) is 21.3 Å². The molecule has 0 aromatic heterocycles. The van der Waals surface area contributed by atoms with Gasteiger partial charge in [-0.05, 0) is 66.3 Å². The third-order valence-corrected chi connectivity index (χ3v) is 6.43. The molecule has 0 spiro atoms. The van der Waals surface area contributed by atoms with Gasteiger partial charge in [0, 0.05) is 31.1 Å². The molecule has 0 amide bonds. The molecule has 2 aromatic rings. The minimum Gasteiger partial charge on any atom is -0.497 e. The first-order valence-corrected chi connectivity index (χ1v) is 9.94. The number of fused-ring (bicyclic) bond motifs is 3. The summed E-state index contributed by atoms with van der Waals surface area (Å²) in [4.78, 5) is 2.59. The zero-order chi connectivity index (χ0) is 19.8. The molecule has 5 nitrogen and oxygen atoms in total. The Morgan fingerprint density at radius 2 is 1.71 bits per heavy atom. The van der Waals surface area contributed by atoms with Gasteiger partial charge in [0.15, 0.2) is 11.5 Å². The molecule has 4 rings (SSSR count). The average Bonchev–Trinajstić information content (AvgIpc) is 2.72. The summed E-state index contributed by atoms with van der Waals surface area (Å²) in [6.07, 6.45) is 1.97. The molecule has 5 heteroatoms. The highest BCUT2D eigenvalue weighted by molar-refractivity contribution is 5.50. The minimum atomic E-state index is 0.118. The van der Waals surface area contributed by atoms with E-state index in [-0.39, 0.29) is 6.04 Å². The molecule has 0 radical (unpaired) electrons. The molecule has 150 valence electrons. The standard InChI is InChI=1S/C23H30N2O3/c1-14-9-16(26-2)5-6-17(14)19-13-25-8-7-15-10-22(27-3)23(28-4)11-18(15)21(25)12-20(19)24/h5-6,9-11,19-21H,7-8,12-13,24H2,1-4H3/t19-,20+,21?/m1/s1. The van der Waals surface area contributed by atoms with Crippen LogP contribution < -0.4 is 19.9 Å². The van der Waals surface area contributed by atoms with Crippen LogP contribution in [0.25, 0.3) is 0 Å². The van der Waals surface area contributed by atoms with Gasteiger partial charge in [0.2, 0.25) is 0 Å². The van der Waals surface area contributed by atoms with Crippen molar-refractivity contribution in [3.63, 3.8) is 0 Å². The van der Waals surface area contributed by atoms with E-state index in [2.05, 4.69) is 36.1 Å². The Labute approximate surface area is 167 Å². The van der Waals surface area contributed by atoms with E-state index in [4.69, 9.17) is 19.9 Å². The van der Waals surface area contributed by atoms with Crippen LogP contribution in [-0.2, 0) is 6.42 Å². The Morgan fingerprint density at radius 3 is 2.39 bits per heavy atom. The molecule has 3 atom stereocenters. The monoisotopic (exact) mass is 382 g/mol. The Bertz CT molecular complexity index is 867. The van der Waals surface area contributed by atoms with Gasteiger partial charge in [-0.1, -0.05) is 6.07 Å². The first kappa shape index (κ1) is 19.1. The molecular weight excluding hydrogens is 352 g/mol. The molecule has 1 saturated heterocycles. The van der Waals surface area contributed by atoms with Crippen molar-refractivity contribution in [1.29, 1.82) is 0 Å². The van der Waals surface area contributed by atoms with Gasteiger partial charge in [-0.15, -0.1) is 0 Å². The summed E-state index contributed by atoms with van der Waals surface area (Å²) in [5, 5.41) is 0. The highest BCUT2D eigenvalue weighted by atomic mass is 16.5. The van der Waals surface area contributed by atoms with Gasteiger partial charge in [0.1, 0.15) is 5.75 Å². The molecule has 0 aliphatic carbocycles. The van der Waals surface area contributed by atoms with Crippen LogP contribution in [0.3, 0.4) is 0 Å². The molecule has 2 heterocycles. The van der Waals surface area contributed by atoms with Crippen LogP contribution in [0.5, 0.6) is 17.2 Å². The zero-order valence-electron chi connectivity index (χ0n) is 17.2. The molecule has 1 unspecified atom stereocenters. The molecule has 0 bridgehead atoms. The van der Waals surface area contributed by atoms with E-state index < -0.39 is 0 Å². The molecule has 2 aliphatic rings. The van der Waals surface area contributed by atoms with Crippen LogP contribution in [0.4, 0.5) is 0 Å². The topological polar surface area (TPSA) is 57.0 Å². The number of nitrogens with two attached hydrogens (primary N) is 1. The SMILES string of the molecule is COc1ccc([C@H]2CN3CCc4cc(OC)c(OC)cc4C3C[C@@H]2N)c(C)c1. The predicted octanol–water partition coefficient (Wildman–Crippen LogP) is 3.43. The van der Waals surface area contributed by atoms with Gasteiger partial charge in [-0.25, -0.2) is 0 Å². The van der Waals surface area contributed by atoms with E-state index in [0.29, 0.717) is 12.0 Å². The number of methoxy groups -OCH3 is 3. The molecule has 2 aromatic carbocycles. The van der Waals surface area contributed by atoms with Crippen molar-refractivity contribution >= 4 is 0 Å². The quantitative estimate of drug-likeness (QED) is 0.878.